The summed E-state index contributed by atoms with van der Waals surface area (Å²) in [4.78, 5) is 29.0. The van der Waals surface area contributed by atoms with Gasteiger partial charge in [0.15, 0.2) is 0 Å². The van der Waals surface area contributed by atoms with E-state index in [-0.39, 0.29) is 24.4 Å². The van der Waals surface area contributed by atoms with Gasteiger partial charge in [0, 0.05) is 10.5 Å². The van der Waals surface area contributed by atoms with E-state index in [1.807, 2.05) is 55.5 Å². The number of thioether (sulfide) groups is 1. The smallest absolute Gasteiger partial charge is 0.265 e. The lowest BCUT2D eigenvalue weighted by molar-refractivity contribution is -0.122. The van der Waals surface area contributed by atoms with Gasteiger partial charge in [-0.05, 0) is 55.3 Å². The van der Waals surface area contributed by atoms with Gasteiger partial charge in [0.1, 0.15) is 18.1 Å². The van der Waals surface area contributed by atoms with Gasteiger partial charge in [-0.15, -0.1) is 0 Å². The molecule has 0 saturated carbocycles. The minimum absolute atomic E-state index is 0.145. The second kappa shape index (κ2) is 11.9. The Hall–Kier alpha value is -3.58. The lowest BCUT2D eigenvalue weighted by atomic mass is 10.1. The molecule has 0 bridgehead atoms. The maximum Gasteiger partial charge on any atom is 0.265 e. The van der Waals surface area contributed by atoms with Crippen LogP contribution in [0.1, 0.15) is 43.9 Å². The van der Waals surface area contributed by atoms with E-state index >= 15 is 0 Å². The van der Waals surface area contributed by atoms with Gasteiger partial charge < -0.3 is 10.1 Å². The van der Waals surface area contributed by atoms with E-state index < -0.39 is 5.82 Å². The quantitative estimate of drug-likeness (QED) is 0.272. The predicted molar refractivity (Wildman–Crippen MR) is 142 cm³/mol. The van der Waals surface area contributed by atoms with Crippen molar-refractivity contribution in [2.45, 2.75) is 37.6 Å². The SMILES string of the molecule is CCCCOc1ccc(C(C)NC(=O)CN2C(=O)/C(=C/c3ccccc3F)Sc3ccccc32)cc1. The zero-order chi connectivity index (χ0) is 25.5. The number of benzene rings is 3. The second-order valence-corrected chi connectivity index (χ2v) is 9.64. The van der Waals surface area contributed by atoms with Gasteiger partial charge in [-0.2, -0.15) is 0 Å². The number of amides is 2. The number of carbonyl (C=O) groups excluding carboxylic acids is 2. The summed E-state index contributed by atoms with van der Waals surface area (Å²) in [5.74, 6) is -0.227. The van der Waals surface area contributed by atoms with Gasteiger partial charge in [0.2, 0.25) is 5.91 Å². The minimum atomic E-state index is -0.405. The molecule has 1 atom stereocenters. The Morgan fingerprint density at radius 2 is 1.81 bits per heavy atom. The molecule has 1 aliphatic heterocycles. The molecule has 1 N–H and O–H groups in total. The highest BCUT2D eigenvalue weighted by Gasteiger charge is 2.31. The molecule has 36 heavy (non-hydrogen) atoms. The molecule has 0 aliphatic carbocycles. The van der Waals surface area contributed by atoms with Crippen molar-refractivity contribution in [3.63, 3.8) is 0 Å². The maximum absolute atomic E-state index is 14.2. The summed E-state index contributed by atoms with van der Waals surface area (Å²) in [7, 11) is 0. The molecule has 7 heteroatoms. The molecule has 0 spiro atoms. The van der Waals surface area contributed by atoms with Gasteiger partial charge in [-0.1, -0.05) is 67.6 Å². The van der Waals surface area contributed by atoms with E-state index in [4.69, 9.17) is 4.74 Å². The van der Waals surface area contributed by atoms with E-state index in [0.717, 1.165) is 29.1 Å². The van der Waals surface area contributed by atoms with Crippen LogP contribution in [0.3, 0.4) is 0 Å². The summed E-state index contributed by atoms with van der Waals surface area (Å²) in [5, 5.41) is 2.98. The monoisotopic (exact) mass is 504 g/mol. The second-order valence-electron chi connectivity index (χ2n) is 8.55. The Labute approximate surface area is 215 Å². The van der Waals surface area contributed by atoms with Crippen molar-refractivity contribution in [2.24, 2.45) is 0 Å². The van der Waals surface area contributed by atoms with Crippen molar-refractivity contribution in [1.82, 2.24) is 5.32 Å². The number of para-hydroxylation sites is 1. The zero-order valence-corrected chi connectivity index (χ0v) is 21.2. The van der Waals surface area contributed by atoms with Crippen molar-refractivity contribution in [3.8, 4) is 5.75 Å². The van der Waals surface area contributed by atoms with E-state index in [2.05, 4.69) is 12.2 Å². The van der Waals surface area contributed by atoms with E-state index in [1.165, 1.54) is 28.8 Å². The van der Waals surface area contributed by atoms with Crippen molar-refractivity contribution in [1.29, 1.82) is 0 Å². The minimum Gasteiger partial charge on any atom is -0.494 e. The Kier molecular flexibility index (Phi) is 8.44. The number of nitrogens with one attached hydrogen (secondary N) is 1. The van der Waals surface area contributed by atoms with Crippen LogP contribution in [0.2, 0.25) is 0 Å². The number of hydrogen-bond acceptors (Lipinski definition) is 4. The first-order valence-electron chi connectivity index (χ1n) is 12.0. The van der Waals surface area contributed by atoms with E-state index in [1.54, 1.807) is 18.2 Å². The van der Waals surface area contributed by atoms with E-state index in [9.17, 15) is 14.0 Å². The van der Waals surface area contributed by atoms with Crippen LogP contribution in [0.15, 0.2) is 82.6 Å². The molecular formula is C29H29FN2O3S. The Bertz CT molecular complexity index is 1260. The third-order valence-electron chi connectivity index (χ3n) is 5.85. The molecule has 4 rings (SSSR count). The number of fused-ring (bicyclic) bond motifs is 1. The molecule has 0 aromatic heterocycles. The fourth-order valence-corrected chi connectivity index (χ4v) is 4.90. The van der Waals surface area contributed by atoms with Crippen LogP contribution in [0.5, 0.6) is 5.75 Å². The third kappa shape index (κ3) is 6.15. The molecule has 1 aliphatic rings. The Morgan fingerprint density at radius 1 is 1.08 bits per heavy atom. The van der Waals surface area contributed by atoms with Gasteiger partial charge in [0.05, 0.1) is 23.2 Å². The van der Waals surface area contributed by atoms with Gasteiger partial charge >= 0.3 is 0 Å². The zero-order valence-electron chi connectivity index (χ0n) is 20.4. The molecule has 1 unspecified atom stereocenters. The summed E-state index contributed by atoms with van der Waals surface area (Å²) in [6.45, 7) is 4.55. The molecule has 186 valence electrons. The van der Waals surface area contributed by atoms with Crippen LogP contribution in [-0.2, 0) is 9.59 Å². The van der Waals surface area contributed by atoms with Gasteiger partial charge in [0.25, 0.3) is 5.91 Å². The number of nitrogens with zero attached hydrogens (tertiary/aromatic N) is 1. The fraction of sp³-hybridized carbons (Fsp3) is 0.241. The topological polar surface area (TPSA) is 58.6 Å². The van der Waals surface area contributed by atoms with Crippen LogP contribution >= 0.6 is 11.8 Å². The average Bonchev–Trinajstić information content (AvgIpc) is 2.88. The first kappa shape index (κ1) is 25.5. The number of hydrogen-bond donors (Lipinski definition) is 1. The first-order chi connectivity index (χ1) is 17.5. The molecule has 2 amide bonds. The molecule has 0 saturated heterocycles. The van der Waals surface area contributed by atoms with Crippen LogP contribution in [0, 0.1) is 5.82 Å². The van der Waals surface area contributed by atoms with Gasteiger partial charge in [-0.3, -0.25) is 14.5 Å². The van der Waals surface area contributed by atoms with Crippen molar-refractivity contribution >= 4 is 35.3 Å². The van der Waals surface area contributed by atoms with Gasteiger partial charge in [-0.25, -0.2) is 4.39 Å². The molecule has 0 radical (unpaired) electrons. The maximum atomic E-state index is 14.2. The molecule has 0 fully saturated rings. The van der Waals surface area contributed by atoms with Crippen molar-refractivity contribution in [3.05, 3.63) is 94.6 Å². The average molecular weight is 505 g/mol. The summed E-state index contributed by atoms with van der Waals surface area (Å²) < 4.78 is 19.9. The van der Waals surface area contributed by atoms with Crippen molar-refractivity contribution < 1.29 is 18.7 Å². The predicted octanol–water partition coefficient (Wildman–Crippen LogP) is 6.36. The fourth-order valence-electron chi connectivity index (χ4n) is 3.85. The number of unbranched alkanes of at least 4 members (excludes halogenated alkanes) is 1. The largest absolute Gasteiger partial charge is 0.494 e. The van der Waals surface area contributed by atoms with E-state index in [0.29, 0.717) is 22.8 Å². The summed E-state index contributed by atoms with van der Waals surface area (Å²) in [6, 6.07) is 21.1. The standard InChI is InChI=1S/C29H29FN2O3S/c1-3-4-17-35-23-15-13-21(14-16-23)20(2)31-28(33)19-32-25-11-7-8-12-26(25)36-27(29(32)34)18-22-9-5-6-10-24(22)30/h5-16,18,20H,3-4,17,19H2,1-2H3,(H,31,33)/b27-18-. The number of carbonyl (C=O) groups is 2. The first-order valence-corrected chi connectivity index (χ1v) is 12.8. The molecule has 3 aromatic rings. The molecule has 1 heterocycles. The Balaban J connectivity index is 1.47. The van der Waals surface area contributed by atoms with Crippen molar-refractivity contribution in [2.75, 3.05) is 18.1 Å². The van der Waals surface area contributed by atoms with Crippen LogP contribution < -0.4 is 15.0 Å². The molecule has 3 aromatic carbocycles. The lowest BCUT2D eigenvalue weighted by Gasteiger charge is -2.30. The number of rotatable bonds is 9. The molecule has 5 nitrogen and oxygen atoms in total. The highest BCUT2D eigenvalue weighted by Crippen LogP contribution is 2.42. The summed E-state index contributed by atoms with van der Waals surface area (Å²) >= 11 is 1.28. The molecular weight excluding hydrogens is 475 g/mol. The third-order valence-corrected chi connectivity index (χ3v) is 6.93. The lowest BCUT2D eigenvalue weighted by Crippen LogP contribution is -2.43. The summed E-state index contributed by atoms with van der Waals surface area (Å²) in [5.41, 5.74) is 1.93. The van der Waals surface area contributed by atoms with Crippen LogP contribution in [0.25, 0.3) is 6.08 Å². The number of ether oxygens (including phenoxy) is 1. The van der Waals surface area contributed by atoms with Crippen LogP contribution in [-0.4, -0.2) is 25.0 Å². The normalized spacial score (nSPS) is 14.9. The highest BCUT2D eigenvalue weighted by atomic mass is 32.2. The number of halogens is 1. The summed E-state index contributed by atoms with van der Waals surface area (Å²) in [6.07, 6.45) is 3.61. The van der Waals surface area contributed by atoms with Crippen LogP contribution in [0.4, 0.5) is 10.1 Å². The Morgan fingerprint density at radius 3 is 2.56 bits per heavy atom. The number of anilines is 1. The highest BCUT2D eigenvalue weighted by molar-refractivity contribution is 8.04.